The average Bonchev–Trinajstić information content (AvgIpc) is 2.93. The highest BCUT2D eigenvalue weighted by atomic mass is 16.5. The third-order valence-corrected chi connectivity index (χ3v) is 3.97. The van der Waals surface area contributed by atoms with Crippen LogP contribution in [-0.2, 0) is 19.1 Å². The number of morpholine rings is 1. The molecule has 0 spiro atoms. The number of carbonyl (C=O) groups is 3. The van der Waals surface area contributed by atoms with Gasteiger partial charge in [-0.05, 0) is 18.4 Å². The van der Waals surface area contributed by atoms with Crippen LogP contribution in [0.5, 0.6) is 0 Å². The van der Waals surface area contributed by atoms with Gasteiger partial charge in [0.2, 0.25) is 0 Å². The number of imide groups is 1. The molecule has 2 aliphatic rings. The number of rotatable bonds is 4. The Morgan fingerprint density at radius 2 is 1.76 bits per heavy atom. The van der Waals surface area contributed by atoms with Crippen molar-refractivity contribution in [3.8, 4) is 0 Å². The summed E-state index contributed by atoms with van der Waals surface area (Å²) in [5, 5.41) is 9.40. The molecule has 1 aromatic carbocycles. The SMILES string of the molecule is O=C(O)C(CN1C(=O)C2CCC(O2)C1=O)c1ccccc1. The highest BCUT2D eigenvalue weighted by Gasteiger charge is 2.47. The summed E-state index contributed by atoms with van der Waals surface area (Å²) in [6.45, 7) is -0.145. The predicted molar refractivity (Wildman–Crippen MR) is 71.4 cm³/mol. The van der Waals surface area contributed by atoms with Gasteiger partial charge in [0.15, 0.2) is 0 Å². The van der Waals surface area contributed by atoms with Gasteiger partial charge in [0.1, 0.15) is 12.2 Å². The zero-order chi connectivity index (χ0) is 15.0. The molecule has 0 aliphatic carbocycles. The molecule has 21 heavy (non-hydrogen) atoms. The summed E-state index contributed by atoms with van der Waals surface area (Å²) in [5.41, 5.74) is 0.574. The van der Waals surface area contributed by atoms with E-state index >= 15 is 0 Å². The maximum absolute atomic E-state index is 12.2. The van der Waals surface area contributed by atoms with Gasteiger partial charge in [-0.15, -0.1) is 0 Å². The molecule has 6 heteroatoms. The molecule has 3 rings (SSSR count). The molecule has 2 fully saturated rings. The third-order valence-electron chi connectivity index (χ3n) is 3.97. The number of fused-ring (bicyclic) bond motifs is 2. The van der Waals surface area contributed by atoms with Gasteiger partial charge in [-0.1, -0.05) is 30.3 Å². The molecule has 6 nitrogen and oxygen atoms in total. The number of carbonyl (C=O) groups excluding carboxylic acids is 2. The zero-order valence-corrected chi connectivity index (χ0v) is 11.3. The number of amides is 2. The molecule has 0 aromatic heterocycles. The smallest absolute Gasteiger partial charge is 0.312 e. The van der Waals surface area contributed by atoms with E-state index in [1.54, 1.807) is 30.3 Å². The fourth-order valence-corrected chi connectivity index (χ4v) is 2.83. The van der Waals surface area contributed by atoms with E-state index in [4.69, 9.17) is 4.74 Å². The fraction of sp³-hybridized carbons (Fsp3) is 0.400. The van der Waals surface area contributed by atoms with Crippen LogP contribution in [0, 0.1) is 0 Å². The summed E-state index contributed by atoms with van der Waals surface area (Å²) < 4.78 is 5.31. The van der Waals surface area contributed by atoms with Crippen molar-refractivity contribution in [1.29, 1.82) is 0 Å². The lowest BCUT2D eigenvalue weighted by molar-refractivity contribution is -0.169. The normalized spacial score (nSPS) is 26.0. The van der Waals surface area contributed by atoms with Gasteiger partial charge in [-0.3, -0.25) is 19.3 Å². The maximum atomic E-state index is 12.2. The number of ether oxygens (including phenoxy) is 1. The van der Waals surface area contributed by atoms with Crippen LogP contribution in [0.1, 0.15) is 24.3 Å². The number of nitrogens with zero attached hydrogens (tertiary/aromatic N) is 1. The minimum Gasteiger partial charge on any atom is -0.481 e. The highest BCUT2D eigenvalue weighted by Crippen LogP contribution is 2.30. The van der Waals surface area contributed by atoms with Gasteiger partial charge >= 0.3 is 5.97 Å². The molecule has 110 valence electrons. The van der Waals surface area contributed by atoms with Gasteiger partial charge in [0.05, 0.1) is 5.92 Å². The molecule has 2 bridgehead atoms. The topological polar surface area (TPSA) is 83.9 Å². The molecule has 2 heterocycles. The number of hydrogen-bond acceptors (Lipinski definition) is 4. The van der Waals surface area contributed by atoms with Crippen LogP contribution in [0.2, 0.25) is 0 Å². The van der Waals surface area contributed by atoms with E-state index in [1.807, 2.05) is 0 Å². The van der Waals surface area contributed by atoms with Crippen LogP contribution in [0.25, 0.3) is 0 Å². The Labute approximate surface area is 121 Å². The molecular formula is C15H15NO5. The van der Waals surface area contributed by atoms with Crippen molar-refractivity contribution in [2.24, 2.45) is 0 Å². The zero-order valence-electron chi connectivity index (χ0n) is 11.3. The minimum absolute atomic E-state index is 0.145. The third kappa shape index (κ3) is 2.42. The largest absolute Gasteiger partial charge is 0.481 e. The Bertz CT molecular complexity index is 563. The van der Waals surface area contributed by atoms with Crippen molar-refractivity contribution in [2.45, 2.75) is 31.0 Å². The van der Waals surface area contributed by atoms with Crippen molar-refractivity contribution in [1.82, 2.24) is 4.90 Å². The Morgan fingerprint density at radius 3 is 2.29 bits per heavy atom. The summed E-state index contributed by atoms with van der Waals surface area (Å²) in [4.78, 5) is 36.9. The molecular weight excluding hydrogens is 274 g/mol. The van der Waals surface area contributed by atoms with E-state index in [0.717, 1.165) is 4.90 Å². The van der Waals surface area contributed by atoms with Gasteiger partial charge in [-0.25, -0.2) is 0 Å². The second-order valence-corrected chi connectivity index (χ2v) is 5.28. The first-order valence-corrected chi connectivity index (χ1v) is 6.86. The summed E-state index contributed by atoms with van der Waals surface area (Å²) in [6.07, 6.45) is -0.153. The molecule has 2 saturated heterocycles. The van der Waals surface area contributed by atoms with Crippen LogP contribution in [0.4, 0.5) is 0 Å². The molecule has 0 saturated carbocycles. The summed E-state index contributed by atoms with van der Waals surface area (Å²) in [7, 11) is 0. The first-order valence-electron chi connectivity index (χ1n) is 6.86. The first-order chi connectivity index (χ1) is 10.1. The monoisotopic (exact) mass is 289 g/mol. The van der Waals surface area contributed by atoms with E-state index in [1.165, 1.54) is 0 Å². The van der Waals surface area contributed by atoms with Gasteiger partial charge < -0.3 is 9.84 Å². The number of carboxylic acid groups (broad SMARTS) is 1. The molecule has 3 unspecified atom stereocenters. The fourth-order valence-electron chi connectivity index (χ4n) is 2.83. The summed E-state index contributed by atoms with van der Waals surface area (Å²) in [6, 6.07) is 8.62. The number of hydrogen-bond donors (Lipinski definition) is 1. The molecule has 2 aliphatic heterocycles. The number of benzene rings is 1. The molecule has 1 N–H and O–H groups in total. The maximum Gasteiger partial charge on any atom is 0.312 e. The molecule has 0 radical (unpaired) electrons. The van der Waals surface area contributed by atoms with Crippen LogP contribution in [-0.4, -0.2) is 46.5 Å². The van der Waals surface area contributed by atoms with Gasteiger partial charge in [0, 0.05) is 6.54 Å². The highest BCUT2D eigenvalue weighted by molar-refractivity contribution is 6.02. The minimum atomic E-state index is -1.05. The van der Waals surface area contributed by atoms with Crippen LogP contribution in [0.15, 0.2) is 30.3 Å². The van der Waals surface area contributed by atoms with E-state index in [2.05, 4.69) is 0 Å². The standard InChI is InChI=1S/C15H15NO5/c17-13-11-6-7-12(21-11)14(18)16(13)8-10(15(19)20)9-4-2-1-3-5-9/h1-5,10-12H,6-8H2,(H,19,20). The summed E-state index contributed by atoms with van der Waals surface area (Å²) >= 11 is 0. The van der Waals surface area contributed by atoms with E-state index in [9.17, 15) is 19.5 Å². The Hall–Kier alpha value is -2.21. The van der Waals surface area contributed by atoms with Crippen molar-refractivity contribution in [2.75, 3.05) is 6.54 Å². The second-order valence-electron chi connectivity index (χ2n) is 5.28. The Balaban J connectivity index is 1.84. The van der Waals surface area contributed by atoms with Crippen molar-refractivity contribution in [3.63, 3.8) is 0 Å². The Kier molecular flexibility index (Phi) is 3.47. The molecule has 3 atom stereocenters. The summed E-state index contributed by atoms with van der Waals surface area (Å²) in [5.74, 6) is -2.82. The van der Waals surface area contributed by atoms with Crippen molar-refractivity contribution in [3.05, 3.63) is 35.9 Å². The van der Waals surface area contributed by atoms with Gasteiger partial charge in [0.25, 0.3) is 11.8 Å². The quantitative estimate of drug-likeness (QED) is 0.828. The van der Waals surface area contributed by atoms with Crippen molar-refractivity contribution < 1.29 is 24.2 Å². The van der Waals surface area contributed by atoms with E-state index < -0.39 is 35.9 Å². The Morgan fingerprint density at radius 1 is 1.19 bits per heavy atom. The second kappa shape index (κ2) is 5.29. The first kappa shape index (κ1) is 13.8. The van der Waals surface area contributed by atoms with Crippen molar-refractivity contribution >= 4 is 17.8 Å². The average molecular weight is 289 g/mol. The lowest BCUT2D eigenvalue weighted by Crippen LogP contribution is -2.53. The number of aliphatic carboxylic acids is 1. The predicted octanol–water partition coefficient (Wildman–Crippen LogP) is 0.771. The molecule has 1 aromatic rings. The lowest BCUT2D eigenvalue weighted by Gasteiger charge is -2.31. The van der Waals surface area contributed by atoms with E-state index in [0.29, 0.717) is 18.4 Å². The molecule has 2 amide bonds. The number of likely N-dealkylation sites (tertiary alicyclic amines) is 1. The van der Waals surface area contributed by atoms with Crippen LogP contribution >= 0.6 is 0 Å². The lowest BCUT2D eigenvalue weighted by atomic mass is 9.98. The van der Waals surface area contributed by atoms with Crippen LogP contribution < -0.4 is 0 Å². The van der Waals surface area contributed by atoms with Crippen LogP contribution in [0.3, 0.4) is 0 Å². The van der Waals surface area contributed by atoms with E-state index in [-0.39, 0.29) is 6.54 Å². The number of carboxylic acids is 1. The van der Waals surface area contributed by atoms with Gasteiger partial charge in [-0.2, -0.15) is 0 Å².